The SMILES string of the molecule is CC[C@@H](N)C(=O)Nc1ccc(Cl)cc1F. The van der Waals surface area contributed by atoms with Gasteiger partial charge < -0.3 is 11.1 Å². The van der Waals surface area contributed by atoms with Gasteiger partial charge in [-0.2, -0.15) is 0 Å². The van der Waals surface area contributed by atoms with Crippen molar-refractivity contribution in [2.24, 2.45) is 5.73 Å². The van der Waals surface area contributed by atoms with Crippen molar-refractivity contribution in [3.05, 3.63) is 29.0 Å². The van der Waals surface area contributed by atoms with E-state index in [9.17, 15) is 9.18 Å². The fraction of sp³-hybridized carbons (Fsp3) is 0.300. The average molecular weight is 231 g/mol. The van der Waals surface area contributed by atoms with Crippen LogP contribution in [0.25, 0.3) is 0 Å². The van der Waals surface area contributed by atoms with Crippen LogP contribution in [-0.4, -0.2) is 11.9 Å². The minimum atomic E-state index is -0.625. The number of hydrogen-bond acceptors (Lipinski definition) is 2. The highest BCUT2D eigenvalue weighted by Gasteiger charge is 2.13. The lowest BCUT2D eigenvalue weighted by Crippen LogP contribution is -2.35. The fourth-order valence-corrected chi connectivity index (χ4v) is 1.16. The van der Waals surface area contributed by atoms with E-state index in [2.05, 4.69) is 5.32 Å². The Labute approximate surface area is 92.4 Å². The summed E-state index contributed by atoms with van der Waals surface area (Å²) in [5.74, 6) is -0.974. The first-order chi connectivity index (χ1) is 7.04. The van der Waals surface area contributed by atoms with Gasteiger partial charge in [-0.25, -0.2) is 4.39 Å². The van der Waals surface area contributed by atoms with E-state index in [-0.39, 0.29) is 10.7 Å². The van der Waals surface area contributed by atoms with Crippen LogP contribution in [0.3, 0.4) is 0 Å². The first kappa shape index (κ1) is 11.9. The van der Waals surface area contributed by atoms with Gasteiger partial charge in [0.25, 0.3) is 0 Å². The van der Waals surface area contributed by atoms with Crippen LogP contribution in [0.2, 0.25) is 5.02 Å². The molecule has 0 unspecified atom stereocenters. The molecule has 0 fully saturated rings. The average Bonchev–Trinajstić information content (AvgIpc) is 2.20. The largest absolute Gasteiger partial charge is 0.322 e. The van der Waals surface area contributed by atoms with Gasteiger partial charge in [0, 0.05) is 5.02 Å². The number of carbonyl (C=O) groups excluding carboxylic acids is 1. The van der Waals surface area contributed by atoms with Crippen LogP contribution in [0.5, 0.6) is 0 Å². The summed E-state index contributed by atoms with van der Waals surface area (Å²) in [6, 6.07) is 3.41. The van der Waals surface area contributed by atoms with Crippen molar-refractivity contribution in [3.63, 3.8) is 0 Å². The Morgan fingerprint density at radius 2 is 2.33 bits per heavy atom. The fourth-order valence-electron chi connectivity index (χ4n) is 1.00. The van der Waals surface area contributed by atoms with Crippen LogP contribution < -0.4 is 11.1 Å². The number of amides is 1. The van der Waals surface area contributed by atoms with Gasteiger partial charge >= 0.3 is 0 Å². The van der Waals surface area contributed by atoms with Gasteiger partial charge in [0.2, 0.25) is 5.91 Å². The number of rotatable bonds is 3. The third-order valence-electron chi connectivity index (χ3n) is 1.97. The summed E-state index contributed by atoms with van der Waals surface area (Å²) < 4.78 is 13.2. The summed E-state index contributed by atoms with van der Waals surface area (Å²) in [7, 11) is 0. The van der Waals surface area contributed by atoms with E-state index in [0.717, 1.165) is 6.07 Å². The molecule has 1 atom stereocenters. The molecule has 0 saturated carbocycles. The molecule has 0 heterocycles. The van der Waals surface area contributed by atoms with E-state index in [1.807, 2.05) is 0 Å². The molecule has 5 heteroatoms. The molecule has 1 aromatic rings. The summed E-state index contributed by atoms with van der Waals surface area (Å²) in [6.45, 7) is 1.78. The van der Waals surface area contributed by atoms with Crippen molar-refractivity contribution in [1.29, 1.82) is 0 Å². The van der Waals surface area contributed by atoms with Gasteiger partial charge in [-0.3, -0.25) is 4.79 Å². The molecule has 0 aliphatic rings. The van der Waals surface area contributed by atoms with E-state index in [1.54, 1.807) is 6.92 Å². The monoisotopic (exact) mass is 230 g/mol. The lowest BCUT2D eigenvalue weighted by molar-refractivity contribution is -0.117. The molecular weight excluding hydrogens is 219 g/mol. The third kappa shape index (κ3) is 3.18. The third-order valence-corrected chi connectivity index (χ3v) is 2.20. The van der Waals surface area contributed by atoms with Gasteiger partial charge in [0.15, 0.2) is 0 Å². The first-order valence-corrected chi connectivity index (χ1v) is 4.94. The molecular formula is C10H12ClFN2O. The summed E-state index contributed by atoms with van der Waals surface area (Å²) in [6.07, 6.45) is 0.501. The molecule has 15 heavy (non-hydrogen) atoms. The minimum absolute atomic E-state index is 0.0910. The zero-order valence-electron chi connectivity index (χ0n) is 8.26. The second-order valence-corrected chi connectivity index (χ2v) is 3.56. The van der Waals surface area contributed by atoms with Crippen molar-refractivity contribution in [3.8, 4) is 0 Å². The summed E-state index contributed by atoms with van der Waals surface area (Å²) >= 11 is 5.57. The number of nitrogens with two attached hydrogens (primary N) is 1. The second-order valence-electron chi connectivity index (χ2n) is 3.13. The Hall–Kier alpha value is -1.13. The van der Waals surface area contributed by atoms with Crippen LogP contribution in [0, 0.1) is 5.82 Å². The smallest absolute Gasteiger partial charge is 0.241 e. The molecule has 3 nitrogen and oxygen atoms in total. The molecule has 3 N–H and O–H groups in total. The topological polar surface area (TPSA) is 55.1 Å². The highest BCUT2D eigenvalue weighted by atomic mass is 35.5. The normalized spacial score (nSPS) is 12.3. The molecule has 0 spiro atoms. The Morgan fingerprint density at radius 1 is 1.67 bits per heavy atom. The predicted molar refractivity (Wildman–Crippen MR) is 58.3 cm³/mol. The van der Waals surface area contributed by atoms with Crippen LogP contribution in [0.4, 0.5) is 10.1 Å². The van der Waals surface area contributed by atoms with Crippen LogP contribution in [-0.2, 0) is 4.79 Å². The van der Waals surface area contributed by atoms with Crippen molar-refractivity contribution in [2.75, 3.05) is 5.32 Å². The minimum Gasteiger partial charge on any atom is -0.322 e. The van der Waals surface area contributed by atoms with E-state index in [0.29, 0.717) is 6.42 Å². The molecule has 0 saturated heterocycles. The molecule has 0 aliphatic carbocycles. The molecule has 1 rings (SSSR count). The molecule has 82 valence electrons. The molecule has 0 radical (unpaired) electrons. The number of hydrogen-bond donors (Lipinski definition) is 2. The standard InChI is InChI=1S/C10H12ClFN2O/c1-2-8(13)10(15)14-9-4-3-6(11)5-7(9)12/h3-5,8H,2,13H2,1H3,(H,14,15)/t8-/m1/s1. The molecule has 1 amide bonds. The maximum atomic E-state index is 13.2. The lowest BCUT2D eigenvalue weighted by Gasteiger charge is -2.10. The van der Waals surface area contributed by atoms with Gasteiger partial charge in [-0.1, -0.05) is 18.5 Å². The van der Waals surface area contributed by atoms with E-state index in [4.69, 9.17) is 17.3 Å². The maximum Gasteiger partial charge on any atom is 0.241 e. The summed E-state index contributed by atoms with van der Waals surface area (Å²) in [5, 5.41) is 2.67. The summed E-state index contributed by atoms with van der Waals surface area (Å²) in [4.78, 5) is 11.3. The molecule has 1 aromatic carbocycles. The van der Waals surface area contributed by atoms with Gasteiger partial charge in [0.05, 0.1) is 11.7 Å². The van der Waals surface area contributed by atoms with Gasteiger partial charge in [0.1, 0.15) is 5.82 Å². The van der Waals surface area contributed by atoms with Gasteiger partial charge in [-0.15, -0.1) is 0 Å². The highest BCUT2D eigenvalue weighted by molar-refractivity contribution is 6.30. The quantitative estimate of drug-likeness (QED) is 0.836. The molecule has 0 aromatic heterocycles. The van der Waals surface area contributed by atoms with E-state index < -0.39 is 17.8 Å². The van der Waals surface area contributed by atoms with E-state index in [1.165, 1.54) is 12.1 Å². The van der Waals surface area contributed by atoms with Crippen molar-refractivity contribution in [2.45, 2.75) is 19.4 Å². The van der Waals surface area contributed by atoms with Gasteiger partial charge in [-0.05, 0) is 24.6 Å². The number of halogens is 2. The lowest BCUT2D eigenvalue weighted by atomic mass is 10.2. The van der Waals surface area contributed by atoms with E-state index >= 15 is 0 Å². The number of nitrogens with one attached hydrogen (secondary N) is 1. The molecule has 0 aliphatic heterocycles. The van der Waals surface area contributed by atoms with Crippen LogP contribution in [0.15, 0.2) is 18.2 Å². The zero-order chi connectivity index (χ0) is 11.4. The van der Waals surface area contributed by atoms with Crippen LogP contribution in [0.1, 0.15) is 13.3 Å². The number of anilines is 1. The second kappa shape index (κ2) is 5.09. The highest BCUT2D eigenvalue weighted by Crippen LogP contribution is 2.18. The first-order valence-electron chi connectivity index (χ1n) is 4.56. The van der Waals surface area contributed by atoms with Crippen molar-refractivity contribution in [1.82, 2.24) is 0 Å². The Morgan fingerprint density at radius 3 is 2.87 bits per heavy atom. The maximum absolute atomic E-state index is 13.2. The summed E-state index contributed by atoms with van der Waals surface area (Å²) in [5.41, 5.74) is 5.57. The Bertz CT molecular complexity index is 370. The number of carbonyl (C=O) groups is 1. The molecule has 0 bridgehead atoms. The predicted octanol–water partition coefficient (Wildman–Crippen LogP) is 2.15. The Kier molecular flexibility index (Phi) is 4.05. The van der Waals surface area contributed by atoms with Crippen LogP contribution >= 0.6 is 11.6 Å². The van der Waals surface area contributed by atoms with Crippen molar-refractivity contribution < 1.29 is 9.18 Å². The zero-order valence-corrected chi connectivity index (χ0v) is 9.01. The Balaban J connectivity index is 2.77. The van der Waals surface area contributed by atoms with Crippen molar-refractivity contribution >= 4 is 23.2 Å². The number of benzene rings is 1.